The van der Waals surface area contributed by atoms with Gasteiger partial charge < -0.3 is 5.11 Å². The molecule has 0 aliphatic heterocycles. The second-order valence-corrected chi connectivity index (χ2v) is 1.60. The minimum absolute atomic E-state index is 0.407. The lowest BCUT2D eigenvalue weighted by molar-refractivity contribution is 0.228. The highest BCUT2D eigenvalue weighted by Gasteiger charge is 1.88. The first kappa shape index (κ1) is 7.52. The fraction of sp³-hybridized carbons (Fsp3) is 0.714. The van der Waals surface area contributed by atoms with Crippen molar-refractivity contribution in [2.24, 2.45) is 0 Å². The summed E-state index contributed by atoms with van der Waals surface area (Å²) in [4.78, 5) is 0. The van der Waals surface area contributed by atoms with E-state index in [1.54, 1.807) is 0 Å². The van der Waals surface area contributed by atoms with Crippen LogP contribution in [0.2, 0.25) is 0 Å². The Bertz CT molecular complexity index is 96.7. The molecule has 0 amide bonds. The first-order valence-corrected chi connectivity index (χ1v) is 2.97. The molecule has 0 rings (SSSR count). The van der Waals surface area contributed by atoms with Crippen LogP contribution in [0.3, 0.4) is 0 Å². The molecule has 46 valence electrons. The summed E-state index contributed by atoms with van der Waals surface area (Å²) in [5.41, 5.74) is 0. The SMILES string of the molecule is CCC#CC(O)CC. The Balaban J connectivity index is 3.35. The standard InChI is InChI=1S/C7H12O/c1-3-5-6-7(8)4-2/h7-8H,3-4H2,1-2H3. The molecule has 0 aromatic heterocycles. The molecular formula is C7H12O. The third-order valence-corrected chi connectivity index (χ3v) is 0.832. The molecule has 0 aromatic carbocycles. The molecule has 0 aliphatic carbocycles. The van der Waals surface area contributed by atoms with Gasteiger partial charge in [0.15, 0.2) is 0 Å². The third kappa shape index (κ3) is 3.70. The maximum Gasteiger partial charge on any atom is 0.114 e. The molecular weight excluding hydrogens is 100 g/mol. The number of aliphatic hydroxyl groups is 1. The lowest BCUT2D eigenvalue weighted by Gasteiger charge is -1.92. The minimum Gasteiger partial charge on any atom is -0.380 e. The van der Waals surface area contributed by atoms with Crippen molar-refractivity contribution in [1.29, 1.82) is 0 Å². The van der Waals surface area contributed by atoms with E-state index in [9.17, 15) is 0 Å². The number of aliphatic hydroxyl groups excluding tert-OH is 1. The quantitative estimate of drug-likeness (QED) is 0.505. The Morgan fingerprint density at radius 2 is 2.12 bits per heavy atom. The van der Waals surface area contributed by atoms with Crippen LogP contribution in [0.25, 0.3) is 0 Å². The van der Waals surface area contributed by atoms with E-state index in [0.29, 0.717) is 0 Å². The van der Waals surface area contributed by atoms with Crippen molar-refractivity contribution in [2.75, 3.05) is 0 Å². The molecule has 0 saturated heterocycles. The highest BCUT2D eigenvalue weighted by atomic mass is 16.3. The van der Waals surface area contributed by atoms with Gasteiger partial charge in [0.2, 0.25) is 0 Å². The highest BCUT2D eigenvalue weighted by Crippen LogP contribution is 1.84. The van der Waals surface area contributed by atoms with Crippen LogP contribution in [0.5, 0.6) is 0 Å². The smallest absolute Gasteiger partial charge is 0.114 e. The zero-order valence-electron chi connectivity index (χ0n) is 5.44. The molecule has 0 radical (unpaired) electrons. The van der Waals surface area contributed by atoms with E-state index in [2.05, 4.69) is 11.8 Å². The van der Waals surface area contributed by atoms with Gasteiger partial charge in [-0.3, -0.25) is 0 Å². The van der Waals surface area contributed by atoms with Gasteiger partial charge >= 0.3 is 0 Å². The topological polar surface area (TPSA) is 20.2 Å². The van der Waals surface area contributed by atoms with Crippen LogP contribution in [0.15, 0.2) is 0 Å². The monoisotopic (exact) mass is 112 g/mol. The van der Waals surface area contributed by atoms with E-state index in [4.69, 9.17) is 5.11 Å². The molecule has 1 atom stereocenters. The number of hydrogen-bond acceptors (Lipinski definition) is 1. The second kappa shape index (κ2) is 4.67. The molecule has 0 spiro atoms. The third-order valence-electron chi connectivity index (χ3n) is 0.832. The van der Waals surface area contributed by atoms with Gasteiger partial charge in [0.25, 0.3) is 0 Å². The Labute approximate surface area is 50.7 Å². The van der Waals surface area contributed by atoms with Gasteiger partial charge in [0.1, 0.15) is 6.10 Å². The Morgan fingerprint density at radius 1 is 1.50 bits per heavy atom. The van der Waals surface area contributed by atoms with Crippen molar-refractivity contribution in [1.82, 2.24) is 0 Å². The van der Waals surface area contributed by atoms with Gasteiger partial charge in [-0.1, -0.05) is 19.8 Å². The van der Waals surface area contributed by atoms with Gasteiger partial charge in [0.05, 0.1) is 0 Å². The average Bonchev–Trinajstić information content (AvgIpc) is 1.83. The zero-order chi connectivity index (χ0) is 6.41. The van der Waals surface area contributed by atoms with Crippen LogP contribution >= 0.6 is 0 Å². The van der Waals surface area contributed by atoms with E-state index in [1.165, 1.54) is 0 Å². The first-order valence-electron chi connectivity index (χ1n) is 2.97. The average molecular weight is 112 g/mol. The Morgan fingerprint density at radius 3 is 2.50 bits per heavy atom. The molecule has 1 unspecified atom stereocenters. The summed E-state index contributed by atoms with van der Waals surface area (Å²) in [5.74, 6) is 5.49. The fourth-order valence-corrected chi connectivity index (χ4v) is 0.322. The van der Waals surface area contributed by atoms with E-state index in [1.807, 2.05) is 13.8 Å². The summed E-state index contributed by atoms with van der Waals surface area (Å²) in [5, 5.41) is 8.82. The van der Waals surface area contributed by atoms with Gasteiger partial charge in [-0.2, -0.15) is 0 Å². The van der Waals surface area contributed by atoms with E-state index in [0.717, 1.165) is 12.8 Å². The first-order chi connectivity index (χ1) is 3.81. The molecule has 0 aromatic rings. The van der Waals surface area contributed by atoms with Crippen LogP contribution in [-0.2, 0) is 0 Å². The van der Waals surface area contributed by atoms with E-state index in [-0.39, 0.29) is 0 Å². The van der Waals surface area contributed by atoms with Crippen LogP contribution in [0.4, 0.5) is 0 Å². The summed E-state index contributed by atoms with van der Waals surface area (Å²) in [7, 11) is 0. The van der Waals surface area contributed by atoms with E-state index >= 15 is 0 Å². The largest absolute Gasteiger partial charge is 0.380 e. The van der Waals surface area contributed by atoms with Crippen molar-refractivity contribution in [3.63, 3.8) is 0 Å². The normalized spacial score (nSPS) is 11.9. The molecule has 1 heteroatoms. The van der Waals surface area contributed by atoms with Crippen molar-refractivity contribution in [2.45, 2.75) is 32.8 Å². The lowest BCUT2D eigenvalue weighted by Crippen LogP contribution is -1.98. The minimum atomic E-state index is -0.407. The Hall–Kier alpha value is -0.480. The van der Waals surface area contributed by atoms with Crippen molar-refractivity contribution in [3.05, 3.63) is 0 Å². The molecule has 0 fully saturated rings. The van der Waals surface area contributed by atoms with Crippen LogP contribution in [0, 0.1) is 11.8 Å². The van der Waals surface area contributed by atoms with Crippen LogP contribution in [0.1, 0.15) is 26.7 Å². The van der Waals surface area contributed by atoms with Crippen LogP contribution in [-0.4, -0.2) is 11.2 Å². The number of rotatable bonds is 1. The summed E-state index contributed by atoms with van der Waals surface area (Å²) in [6.45, 7) is 3.88. The van der Waals surface area contributed by atoms with Crippen LogP contribution < -0.4 is 0 Å². The summed E-state index contributed by atoms with van der Waals surface area (Å²) >= 11 is 0. The van der Waals surface area contributed by atoms with Gasteiger partial charge in [-0.05, 0) is 6.42 Å². The lowest BCUT2D eigenvalue weighted by atomic mass is 10.3. The van der Waals surface area contributed by atoms with Crippen molar-refractivity contribution >= 4 is 0 Å². The molecule has 0 heterocycles. The zero-order valence-corrected chi connectivity index (χ0v) is 5.44. The molecule has 1 nitrogen and oxygen atoms in total. The van der Waals surface area contributed by atoms with Gasteiger partial charge in [-0.15, -0.1) is 5.92 Å². The highest BCUT2D eigenvalue weighted by molar-refractivity contribution is 5.03. The molecule has 0 bridgehead atoms. The predicted molar refractivity (Wildman–Crippen MR) is 34.4 cm³/mol. The van der Waals surface area contributed by atoms with Gasteiger partial charge in [-0.25, -0.2) is 0 Å². The number of hydrogen-bond donors (Lipinski definition) is 1. The van der Waals surface area contributed by atoms with Crippen molar-refractivity contribution in [3.8, 4) is 11.8 Å². The maximum atomic E-state index is 8.82. The molecule has 8 heavy (non-hydrogen) atoms. The molecule has 0 saturated carbocycles. The predicted octanol–water partition coefficient (Wildman–Crippen LogP) is 1.17. The Kier molecular flexibility index (Phi) is 4.39. The molecule has 0 aliphatic rings. The van der Waals surface area contributed by atoms with Crippen molar-refractivity contribution < 1.29 is 5.11 Å². The molecule has 1 N–H and O–H groups in total. The maximum absolute atomic E-state index is 8.82. The summed E-state index contributed by atoms with van der Waals surface area (Å²) in [6, 6.07) is 0. The van der Waals surface area contributed by atoms with Gasteiger partial charge in [0, 0.05) is 6.42 Å². The summed E-state index contributed by atoms with van der Waals surface area (Å²) < 4.78 is 0. The van der Waals surface area contributed by atoms with E-state index < -0.39 is 6.10 Å². The summed E-state index contributed by atoms with van der Waals surface area (Å²) in [6.07, 6.45) is 1.15. The fourth-order valence-electron chi connectivity index (χ4n) is 0.322. The second-order valence-electron chi connectivity index (χ2n) is 1.60.